The van der Waals surface area contributed by atoms with Crippen LogP contribution < -0.4 is 0 Å². The molecule has 1 atom stereocenters. The second-order valence-corrected chi connectivity index (χ2v) is 13.1. The average Bonchev–Trinajstić information content (AvgIpc) is 3.21. The summed E-state index contributed by atoms with van der Waals surface area (Å²) < 4.78 is 0. The van der Waals surface area contributed by atoms with Crippen LogP contribution in [0.3, 0.4) is 0 Å². The molecule has 0 bridgehead atoms. The van der Waals surface area contributed by atoms with Gasteiger partial charge >= 0.3 is 0 Å². The van der Waals surface area contributed by atoms with E-state index in [0.29, 0.717) is 0 Å². The van der Waals surface area contributed by atoms with E-state index in [0.717, 1.165) is 22.5 Å². The monoisotopic (exact) mass is 653 g/mol. The molecule has 9 rings (SSSR count). The van der Waals surface area contributed by atoms with Gasteiger partial charge in [-0.15, -0.1) is 0 Å². The number of hydrogen-bond donors (Lipinski definition) is 0. The van der Waals surface area contributed by atoms with Gasteiger partial charge in [-0.05, 0) is 109 Å². The third-order valence-electron chi connectivity index (χ3n) is 10.0. The molecule has 0 saturated carbocycles. The molecule has 1 unspecified atom stereocenters. The molecule has 3 nitrogen and oxygen atoms in total. The number of rotatable bonds is 6. The summed E-state index contributed by atoms with van der Waals surface area (Å²) in [6, 6.07) is 59.0. The van der Waals surface area contributed by atoms with Gasteiger partial charge < -0.3 is 4.90 Å². The van der Waals surface area contributed by atoms with Crippen molar-refractivity contribution in [3.05, 3.63) is 205 Å². The van der Waals surface area contributed by atoms with Crippen molar-refractivity contribution in [3.8, 4) is 33.6 Å². The fourth-order valence-corrected chi connectivity index (χ4v) is 7.44. The molecule has 1 aromatic heterocycles. The SMILES string of the molecule is CN1C(c2ccccc2)=CC(c2cc(-c3ccc(-c4ncccn4)cc3)cc(-c3cc4ccccc4c4ccccc34)c2)=CC1c1ccccc1. The largest absolute Gasteiger partial charge is 0.364 e. The summed E-state index contributed by atoms with van der Waals surface area (Å²) in [5.74, 6) is 0.725. The topological polar surface area (TPSA) is 29.0 Å². The number of nitrogens with zero attached hydrogens (tertiary/aromatic N) is 3. The summed E-state index contributed by atoms with van der Waals surface area (Å²) in [5, 5.41) is 5.01. The van der Waals surface area contributed by atoms with E-state index in [1.165, 1.54) is 60.6 Å². The Morgan fingerprint density at radius 2 is 1.08 bits per heavy atom. The summed E-state index contributed by atoms with van der Waals surface area (Å²) in [5.41, 5.74) is 11.7. The molecular weight excluding hydrogens is 619 g/mol. The van der Waals surface area contributed by atoms with Crippen LogP contribution in [0, 0.1) is 0 Å². The van der Waals surface area contributed by atoms with Crippen LogP contribution in [0.15, 0.2) is 188 Å². The van der Waals surface area contributed by atoms with Crippen LogP contribution in [0.4, 0.5) is 0 Å². The van der Waals surface area contributed by atoms with Crippen molar-refractivity contribution < 1.29 is 0 Å². The van der Waals surface area contributed by atoms with Crippen LogP contribution in [0.25, 0.3) is 66.5 Å². The first-order valence-electron chi connectivity index (χ1n) is 17.4. The van der Waals surface area contributed by atoms with Crippen molar-refractivity contribution in [3.63, 3.8) is 0 Å². The van der Waals surface area contributed by atoms with Crippen molar-refractivity contribution >= 4 is 32.8 Å². The Kier molecular flexibility index (Phi) is 7.79. The molecule has 51 heavy (non-hydrogen) atoms. The van der Waals surface area contributed by atoms with Crippen molar-refractivity contribution in [2.24, 2.45) is 0 Å². The zero-order chi connectivity index (χ0) is 34.1. The van der Waals surface area contributed by atoms with Crippen LogP contribution in [-0.4, -0.2) is 21.9 Å². The first-order valence-corrected chi connectivity index (χ1v) is 17.4. The standard InChI is InChI=1S/C48H35N3/c1-51-46(34-13-4-2-5-14-34)31-40(32-47(51)35-15-6-3-7-16-35)39-27-38(33-21-23-36(24-22-33)48-49-25-12-26-50-48)28-41(29-39)45-30-37-17-8-9-18-42(37)43-19-10-11-20-44(43)45/h2-32,46H,1H3. The van der Waals surface area contributed by atoms with Crippen LogP contribution in [0.2, 0.25) is 0 Å². The summed E-state index contributed by atoms with van der Waals surface area (Å²) in [7, 11) is 2.20. The number of allylic oxidation sites excluding steroid dienone is 2. The van der Waals surface area contributed by atoms with Gasteiger partial charge in [0.25, 0.3) is 0 Å². The van der Waals surface area contributed by atoms with E-state index in [4.69, 9.17) is 0 Å². The maximum absolute atomic E-state index is 4.48. The molecule has 2 heterocycles. The molecule has 0 saturated heterocycles. The molecule has 0 radical (unpaired) electrons. The Bertz CT molecular complexity index is 2570. The molecule has 3 heteroatoms. The number of benzene rings is 7. The molecule has 0 N–H and O–H groups in total. The highest BCUT2D eigenvalue weighted by atomic mass is 15.1. The Balaban J connectivity index is 1.27. The smallest absolute Gasteiger partial charge is 0.159 e. The molecule has 0 spiro atoms. The van der Waals surface area contributed by atoms with Gasteiger partial charge in [-0.25, -0.2) is 9.97 Å². The fourth-order valence-electron chi connectivity index (χ4n) is 7.44. The lowest BCUT2D eigenvalue weighted by atomic mass is 9.87. The fraction of sp³-hybridized carbons (Fsp3) is 0.0417. The molecule has 1 aliphatic rings. The molecule has 242 valence electrons. The molecular formula is C48H35N3. The van der Waals surface area contributed by atoms with Gasteiger partial charge in [-0.1, -0.05) is 133 Å². The van der Waals surface area contributed by atoms with Gasteiger partial charge in [0.15, 0.2) is 5.82 Å². The van der Waals surface area contributed by atoms with E-state index in [1.54, 1.807) is 12.4 Å². The van der Waals surface area contributed by atoms with Crippen molar-refractivity contribution in [1.82, 2.24) is 14.9 Å². The van der Waals surface area contributed by atoms with E-state index < -0.39 is 0 Å². The number of hydrogen-bond acceptors (Lipinski definition) is 3. The summed E-state index contributed by atoms with van der Waals surface area (Å²) in [6.45, 7) is 0. The minimum absolute atomic E-state index is 0.0696. The number of aromatic nitrogens is 2. The number of likely N-dealkylation sites (N-methyl/N-ethyl adjacent to an activating group) is 1. The maximum Gasteiger partial charge on any atom is 0.159 e. The lowest BCUT2D eigenvalue weighted by Gasteiger charge is -2.35. The highest BCUT2D eigenvalue weighted by Gasteiger charge is 2.24. The van der Waals surface area contributed by atoms with E-state index >= 15 is 0 Å². The quantitative estimate of drug-likeness (QED) is 0.167. The lowest BCUT2D eigenvalue weighted by Crippen LogP contribution is -2.24. The van der Waals surface area contributed by atoms with Crippen LogP contribution in [0.1, 0.15) is 22.7 Å². The predicted octanol–water partition coefficient (Wildman–Crippen LogP) is 11.9. The van der Waals surface area contributed by atoms with Gasteiger partial charge in [0, 0.05) is 30.7 Å². The molecule has 7 aromatic carbocycles. The molecule has 0 amide bonds. The Morgan fingerprint density at radius 1 is 0.471 bits per heavy atom. The van der Waals surface area contributed by atoms with Crippen LogP contribution in [-0.2, 0) is 0 Å². The van der Waals surface area contributed by atoms with Crippen molar-refractivity contribution in [2.45, 2.75) is 6.04 Å². The second kappa shape index (κ2) is 13.0. The predicted molar refractivity (Wildman–Crippen MR) is 213 cm³/mol. The zero-order valence-electron chi connectivity index (χ0n) is 28.3. The van der Waals surface area contributed by atoms with Gasteiger partial charge in [-0.2, -0.15) is 0 Å². The van der Waals surface area contributed by atoms with Gasteiger partial charge in [-0.3, -0.25) is 0 Å². The minimum atomic E-state index is 0.0696. The van der Waals surface area contributed by atoms with Gasteiger partial charge in [0.05, 0.1) is 6.04 Å². The lowest BCUT2D eigenvalue weighted by molar-refractivity contribution is 0.413. The third kappa shape index (κ3) is 5.79. The number of fused-ring (bicyclic) bond motifs is 3. The van der Waals surface area contributed by atoms with Crippen molar-refractivity contribution in [2.75, 3.05) is 7.05 Å². The van der Waals surface area contributed by atoms with E-state index in [1.807, 2.05) is 6.07 Å². The molecule has 1 aliphatic heterocycles. The average molecular weight is 654 g/mol. The van der Waals surface area contributed by atoms with E-state index in [2.05, 4.69) is 192 Å². The normalized spacial score (nSPS) is 14.4. The van der Waals surface area contributed by atoms with Gasteiger partial charge in [0.2, 0.25) is 0 Å². The molecule has 0 aliphatic carbocycles. The second-order valence-electron chi connectivity index (χ2n) is 13.1. The Morgan fingerprint density at radius 3 is 1.84 bits per heavy atom. The summed E-state index contributed by atoms with van der Waals surface area (Å²) >= 11 is 0. The van der Waals surface area contributed by atoms with Gasteiger partial charge in [0.1, 0.15) is 0 Å². The third-order valence-corrected chi connectivity index (χ3v) is 10.0. The van der Waals surface area contributed by atoms with Crippen LogP contribution in [0.5, 0.6) is 0 Å². The summed E-state index contributed by atoms with van der Waals surface area (Å²) in [6.07, 6.45) is 8.34. The maximum atomic E-state index is 4.48. The molecule has 0 fully saturated rings. The first-order chi connectivity index (χ1) is 25.2. The summed E-state index contributed by atoms with van der Waals surface area (Å²) in [4.78, 5) is 11.3. The zero-order valence-corrected chi connectivity index (χ0v) is 28.3. The first kappa shape index (κ1) is 30.5. The minimum Gasteiger partial charge on any atom is -0.364 e. The Labute approximate surface area is 298 Å². The van der Waals surface area contributed by atoms with Crippen molar-refractivity contribution in [1.29, 1.82) is 0 Å². The van der Waals surface area contributed by atoms with E-state index in [9.17, 15) is 0 Å². The highest BCUT2D eigenvalue weighted by molar-refractivity contribution is 6.14. The van der Waals surface area contributed by atoms with Crippen LogP contribution >= 0.6 is 0 Å². The Hall–Kier alpha value is -6.58. The molecule has 8 aromatic rings. The van der Waals surface area contributed by atoms with E-state index in [-0.39, 0.29) is 6.04 Å². The highest BCUT2D eigenvalue weighted by Crippen LogP contribution is 2.42.